The topological polar surface area (TPSA) is 21.3 Å². The molecule has 1 unspecified atom stereocenters. The van der Waals surface area contributed by atoms with E-state index in [0.717, 1.165) is 12.1 Å². The van der Waals surface area contributed by atoms with E-state index < -0.39 is 0 Å². The molecule has 108 valence electrons. The predicted molar refractivity (Wildman–Crippen MR) is 86.7 cm³/mol. The summed E-state index contributed by atoms with van der Waals surface area (Å²) in [5.41, 5.74) is 1.16. The largest absolute Gasteiger partial charge is 0.495 e. The number of nitrogens with one attached hydrogen (secondary N) is 1. The predicted octanol–water partition coefficient (Wildman–Crippen LogP) is 4.90. The van der Waals surface area contributed by atoms with Crippen molar-refractivity contribution in [2.24, 2.45) is 5.92 Å². The minimum atomic E-state index is 0.371. The lowest BCUT2D eigenvalue weighted by Crippen LogP contribution is -2.24. The molecule has 0 aliphatic rings. The van der Waals surface area contributed by atoms with Crippen molar-refractivity contribution in [1.82, 2.24) is 5.32 Å². The van der Waals surface area contributed by atoms with Crippen molar-refractivity contribution in [1.29, 1.82) is 0 Å². The first kappa shape index (κ1) is 15.4. The van der Waals surface area contributed by atoms with Crippen LogP contribution in [0.1, 0.15) is 30.3 Å². The third-order valence-corrected chi connectivity index (χ3v) is 4.51. The van der Waals surface area contributed by atoms with Crippen LogP contribution in [0.4, 0.5) is 0 Å². The number of hydrogen-bond acceptors (Lipinski definition) is 3. The standard InChI is InChI=1S/C16H20ClNOS/c1-11(2)16(15-5-4-8-20-15)18-10-12-6-7-14(19-3)13(17)9-12/h4-9,11,16,18H,10H2,1-3H3. The molecule has 0 saturated carbocycles. The van der Waals surface area contributed by atoms with Crippen LogP contribution in [-0.2, 0) is 6.54 Å². The van der Waals surface area contributed by atoms with E-state index in [1.54, 1.807) is 18.4 Å². The Morgan fingerprint density at radius 1 is 1.30 bits per heavy atom. The van der Waals surface area contributed by atoms with E-state index in [2.05, 4.69) is 36.7 Å². The average molecular weight is 310 g/mol. The van der Waals surface area contributed by atoms with Gasteiger partial charge in [-0.05, 0) is 35.1 Å². The van der Waals surface area contributed by atoms with Crippen LogP contribution in [0.25, 0.3) is 0 Å². The highest BCUT2D eigenvalue weighted by Crippen LogP contribution is 2.28. The normalized spacial score (nSPS) is 12.7. The first-order valence-electron chi connectivity index (χ1n) is 6.71. The second kappa shape index (κ2) is 7.11. The fourth-order valence-corrected chi connectivity index (χ4v) is 3.43. The van der Waals surface area contributed by atoms with E-state index in [-0.39, 0.29) is 0 Å². The molecule has 2 nitrogen and oxygen atoms in total. The molecule has 4 heteroatoms. The van der Waals surface area contributed by atoms with Crippen molar-refractivity contribution in [3.63, 3.8) is 0 Å². The molecule has 2 aromatic rings. The van der Waals surface area contributed by atoms with Gasteiger partial charge in [-0.15, -0.1) is 11.3 Å². The average Bonchev–Trinajstić information content (AvgIpc) is 2.92. The van der Waals surface area contributed by atoms with E-state index in [9.17, 15) is 0 Å². The molecule has 0 saturated heterocycles. The summed E-state index contributed by atoms with van der Waals surface area (Å²) in [7, 11) is 1.63. The Bertz CT molecular complexity index is 539. The van der Waals surface area contributed by atoms with Crippen LogP contribution < -0.4 is 10.1 Å². The quantitative estimate of drug-likeness (QED) is 0.819. The number of thiophene rings is 1. The minimum Gasteiger partial charge on any atom is -0.495 e. The highest BCUT2D eigenvalue weighted by atomic mass is 35.5. The number of ether oxygens (including phenoxy) is 1. The number of benzene rings is 1. The zero-order chi connectivity index (χ0) is 14.5. The first-order valence-corrected chi connectivity index (χ1v) is 7.96. The molecule has 1 N–H and O–H groups in total. The maximum Gasteiger partial charge on any atom is 0.137 e. The summed E-state index contributed by atoms with van der Waals surface area (Å²) in [6.07, 6.45) is 0. The summed E-state index contributed by atoms with van der Waals surface area (Å²) < 4.78 is 5.17. The Morgan fingerprint density at radius 2 is 2.10 bits per heavy atom. The third kappa shape index (κ3) is 3.75. The Kier molecular flexibility index (Phi) is 5.46. The summed E-state index contributed by atoms with van der Waals surface area (Å²) in [5.74, 6) is 1.26. The number of methoxy groups -OCH3 is 1. The second-order valence-corrected chi connectivity index (χ2v) is 6.47. The molecule has 0 radical (unpaired) electrons. The molecule has 0 amide bonds. The molecular weight excluding hydrogens is 290 g/mol. The fraction of sp³-hybridized carbons (Fsp3) is 0.375. The van der Waals surface area contributed by atoms with Crippen LogP contribution in [0.2, 0.25) is 5.02 Å². The van der Waals surface area contributed by atoms with Gasteiger partial charge in [-0.25, -0.2) is 0 Å². The molecule has 0 spiro atoms. The Balaban J connectivity index is 2.04. The van der Waals surface area contributed by atoms with Crippen LogP contribution in [0, 0.1) is 5.92 Å². The SMILES string of the molecule is COc1ccc(CNC(c2cccs2)C(C)C)cc1Cl. The van der Waals surface area contributed by atoms with Gasteiger partial charge >= 0.3 is 0 Å². The van der Waals surface area contributed by atoms with E-state index >= 15 is 0 Å². The van der Waals surface area contributed by atoms with E-state index in [0.29, 0.717) is 22.7 Å². The Labute approximate surface area is 129 Å². The van der Waals surface area contributed by atoms with Crippen molar-refractivity contribution in [2.45, 2.75) is 26.4 Å². The van der Waals surface area contributed by atoms with Gasteiger partial charge in [0.1, 0.15) is 5.75 Å². The molecule has 1 heterocycles. The maximum absolute atomic E-state index is 6.16. The Morgan fingerprint density at radius 3 is 2.65 bits per heavy atom. The van der Waals surface area contributed by atoms with Gasteiger partial charge in [0.2, 0.25) is 0 Å². The molecule has 0 bridgehead atoms. The summed E-state index contributed by atoms with van der Waals surface area (Å²) in [6.45, 7) is 5.27. The Hall–Kier alpha value is -1.03. The van der Waals surface area contributed by atoms with Gasteiger partial charge in [0.15, 0.2) is 0 Å². The van der Waals surface area contributed by atoms with Gasteiger partial charge in [-0.2, -0.15) is 0 Å². The van der Waals surface area contributed by atoms with Crippen molar-refractivity contribution in [2.75, 3.05) is 7.11 Å². The number of hydrogen-bond donors (Lipinski definition) is 1. The molecular formula is C16H20ClNOS. The van der Waals surface area contributed by atoms with Gasteiger partial charge < -0.3 is 10.1 Å². The van der Waals surface area contributed by atoms with Crippen LogP contribution in [0.5, 0.6) is 5.75 Å². The monoisotopic (exact) mass is 309 g/mol. The lowest BCUT2D eigenvalue weighted by atomic mass is 10.0. The van der Waals surface area contributed by atoms with Crippen molar-refractivity contribution < 1.29 is 4.74 Å². The van der Waals surface area contributed by atoms with E-state index in [4.69, 9.17) is 16.3 Å². The van der Waals surface area contributed by atoms with Gasteiger partial charge in [0.25, 0.3) is 0 Å². The maximum atomic E-state index is 6.16. The fourth-order valence-electron chi connectivity index (χ4n) is 2.18. The van der Waals surface area contributed by atoms with Crippen LogP contribution in [0.3, 0.4) is 0 Å². The first-order chi connectivity index (χ1) is 9.61. The molecule has 0 fully saturated rings. The number of halogens is 1. The zero-order valence-corrected chi connectivity index (χ0v) is 13.6. The summed E-state index contributed by atoms with van der Waals surface area (Å²) >= 11 is 7.95. The lowest BCUT2D eigenvalue weighted by Gasteiger charge is -2.21. The molecule has 1 aromatic carbocycles. The van der Waals surface area contributed by atoms with Crippen LogP contribution in [-0.4, -0.2) is 7.11 Å². The highest BCUT2D eigenvalue weighted by molar-refractivity contribution is 7.10. The molecule has 0 aliphatic carbocycles. The lowest BCUT2D eigenvalue weighted by molar-refractivity contribution is 0.411. The van der Waals surface area contributed by atoms with Crippen molar-refractivity contribution >= 4 is 22.9 Å². The molecule has 20 heavy (non-hydrogen) atoms. The molecule has 1 atom stereocenters. The van der Waals surface area contributed by atoms with Crippen LogP contribution >= 0.6 is 22.9 Å². The number of rotatable bonds is 6. The summed E-state index contributed by atoms with van der Waals surface area (Å²) in [4.78, 5) is 1.37. The second-order valence-electron chi connectivity index (χ2n) is 5.09. The smallest absolute Gasteiger partial charge is 0.137 e. The van der Waals surface area contributed by atoms with Gasteiger partial charge in [-0.1, -0.05) is 37.6 Å². The van der Waals surface area contributed by atoms with Crippen molar-refractivity contribution in [3.8, 4) is 5.75 Å². The summed E-state index contributed by atoms with van der Waals surface area (Å²) in [6, 6.07) is 10.6. The van der Waals surface area contributed by atoms with Gasteiger partial charge in [-0.3, -0.25) is 0 Å². The van der Waals surface area contributed by atoms with Gasteiger partial charge in [0.05, 0.1) is 12.1 Å². The zero-order valence-electron chi connectivity index (χ0n) is 12.0. The van der Waals surface area contributed by atoms with Gasteiger partial charge in [0, 0.05) is 17.5 Å². The molecule has 2 rings (SSSR count). The highest BCUT2D eigenvalue weighted by Gasteiger charge is 2.16. The summed E-state index contributed by atoms with van der Waals surface area (Å²) in [5, 5.41) is 6.39. The molecule has 0 aliphatic heterocycles. The molecule has 1 aromatic heterocycles. The van der Waals surface area contributed by atoms with E-state index in [1.165, 1.54) is 4.88 Å². The third-order valence-electron chi connectivity index (χ3n) is 3.26. The minimum absolute atomic E-state index is 0.371. The van der Waals surface area contributed by atoms with Crippen LogP contribution in [0.15, 0.2) is 35.7 Å². The van der Waals surface area contributed by atoms with E-state index in [1.807, 2.05) is 18.2 Å². The van der Waals surface area contributed by atoms with Crippen molar-refractivity contribution in [3.05, 3.63) is 51.2 Å².